The number of benzene rings is 2. The van der Waals surface area contributed by atoms with Gasteiger partial charge in [-0.25, -0.2) is 4.68 Å². The van der Waals surface area contributed by atoms with Gasteiger partial charge in [0.2, 0.25) is 16.9 Å². The Bertz CT molecular complexity index is 1170. The van der Waals surface area contributed by atoms with Gasteiger partial charge in [0.05, 0.1) is 18.1 Å². The lowest BCUT2D eigenvalue weighted by atomic mass is 9.96. The Hall–Kier alpha value is -3.56. The first-order valence-electron chi connectivity index (χ1n) is 11.2. The van der Waals surface area contributed by atoms with Crippen molar-refractivity contribution in [1.82, 2.24) is 24.7 Å². The van der Waals surface area contributed by atoms with Crippen LogP contribution in [0.3, 0.4) is 0 Å². The number of hydrogen-bond donors (Lipinski definition) is 1. The van der Waals surface area contributed by atoms with E-state index in [9.17, 15) is 4.79 Å². The van der Waals surface area contributed by atoms with E-state index in [1.807, 2.05) is 17.0 Å². The molecule has 0 radical (unpaired) electrons. The first-order chi connectivity index (χ1) is 16.7. The second kappa shape index (κ2) is 10.1. The van der Waals surface area contributed by atoms with Crippen LogP contribution < -0.4 is 5.84 Å². The summed E-state index contributed by atoms with van der Waals surface area (Å²) in [6.45, 7) is 2.98. The van der Waals surface area contributed by atoms with Crippen LogP contribution in [0.2, 0.25) is 0 Å². The molecule has 4 aromatic rings. The predicted octanol–water partition coefficient (Wildman–Crippen LogP) is 3.28. The average Bonchev–Trinajstić information content (AvgIpc) is 3.54. The predicted molar refractivity (Wildman–Crippen MR) is 131 cm³/mol. The Morgan fingerprint density at radius 2 is 1.56 bits per heavy atom. The quantitative estimate of drug-likeness (QED) is 0.325. The maximum Gasteiger partial charge on any atom is 0.233 e. The van der Waals surface area contributed by atoms with Gasteiger partial charge in [-0.3, -0.25) is 9.69 Å². The lowest BCUT2D eigenvalue weighted by molar-refractivity contribution is -0.130. The standard InChI is InChI=1S/C25H26N6O2S/c26-31-24(21-12-7-17-33-21)27-28-25(31)34-18-22(32)29-13-15-30(16-14-29)23(19-8-3-1-4-9-19)20-10-5-2-6-11-20/h1-12,17,23H,13-16,18,26H2. The van der Waals surface area contributed by atoms with E-state index < -0.39 is 0 Å². The van der Waals surface area contributed by atoms with Crippen molar-refractivity contribution in [2.24, 2.45) is 0 Å². The highest BCUT2D eigenvalue weighted by atomic mass is 32.2. The van der Waals surface area contributed by atoms with Gasteiger partial charge in [-0.05, 0) is 23.3 Å². The summed E-state index contributed by atoms with van der Waals surface area (Å²) in [5.41, 5.74) is 2.53. The molecule has 9 heteroatoms. The molecule has 5 rings (SSSR count). The summed E-state index contributed by atoms with van der Waals surface area (Å²) < 4.78 is 6.70. The fourth-order valence-corrected chi connectivity index (χ4v) is 5.04. The molecule has 0 saturated carbocycles. The van der Waals surface area contributed by atoms with E-state index in [0.717, 1.165) is 13.1 Å². The molecular weight excluding hydrogens is 448 g/mol. The molecule has 1 aliphatic heterocycles. The van der Waals surface area contributed by atoms with Gasteiger partial charge >= 0.3 is 0 Å². The molecule has 174 valence electrons. The number of piperazine rings is 1. The Morgan fingerprint density at radius 1 is 0.912 bits per heavy atom. The molecule has 0 atom stereocenters. The molecule has 1 saturated heterocycles. The van der Waals surface area contributed by atoms with Crippen LogP contribution in [0.4, 0.5) is 0 Å². The van der Waals surface area contributed by atoms with Crippen LogP contribution in [0, 0.1) is 0 Å². The zero-order chi connectivity index (χ0) is 23.3. The third-order valence-corrected chi connectivity index (χ3v) is 6.92. The minimum absolute atomic E-state index is 0.0724. The number of rotatable bonds is 7. The van der Waals surface area contributed by atoms with Crippen LogP contribution in [0.15, 0.2) is 88.6 Å². The number of nitrogen functional groups attached to an aromatic ring is 1. The molecule has 2 N–H and O–H groups in total. The molecule has 8 nitrogen and oxygen atoms in total. The summed E-state index contributed by atoms with van der Waals surface area (Å²) in [7, 11) is 0. The Balaban J connectivity index is 1.20. The average molecular weight is 475 g/mol. The van der Waals surface area contributed by atoms with Crippen molar-refractivity contribution in [1.29, 1.82) is 0 Å². The van der Waals surface area contributed by atoms with Gasteiger partial charge < -0.3 is 15.2 Å². The maximum atomic E-state index is 12.9. The van der Waals surface area contributed by atoms with E-state index in [0.29, 0.717) is 29.8 Å². The molecule has 3 heterocycles. The van der Waals surface area contributed by atoms with Gasteiger partial charge in [0.25, 0.3) is 0 Å². The number of thioether (sulfide) groups is 1. The number of hydrogen-bond acceptors (Lipinski definition) is 7. The minimum Gasteiger partial charge on any atom is -0.461 e. The second-order valence-electron chi connectivity index (χ2n) is 8.08. The molecule has 34 heavy (non-hydrogen) atoms. The monoisotopic (exact) mass is 474 g/mol. The number of carbonyl (C=O) groups is 1. The van der Waals surface area contributed by atoms with Crippen molar-refractivity contribution in [2.75, 3.05) is 37.8 Å². The molecule has 0 unspecified atom stereocenters. The highest BCUT2D eigenvalue weighted by Crippen LogP contribution is 2.29. The normalized spacial score (nSPS) is 14.6. The highest BCUT2D eigenvalue weighted by molar-refractivity contribution is 7.99. The summed E-state index contributed by atoms with van der Waals surface area (Å²) in [6, 6.07) is 24.8. The summed E-state index contributed by atoms with van der Waals surface area (Å²) in [4.78, 5) is 17.3. The van der Waals surface area contributed by atoms with E-state index in [4.69, 9.17) is 10.3 Å². The van der Waals surface area contributed by atoms with Gasteiger partial charge in [-0.15, -0.1) is 10.2 Å². The number of amides is 1. The first kappa shape index (κ1) is 22.2. The van der Waals surface area contributed by atoms with Crippen LogP contribution >= 0.6 is 11.8 Å². The van der Waals surface area contributed by atoms with Gasteiger partial charge in [0.15, 0.2) is 5.76 Å². The second-order valence-corrected chi connectivity index (χ2v) is 9.03. The van der Waals surface area contributed by atoms with Crippen LogP contribution in [0.5, 0.6) is 0 Å². The van der Waals surface area contributed by atoms with Gasteiger partial charge in [-0.2, -0.15) is 0 Å². The largest absolute Gasteiger partial charge is 0.461 e. The molecule has 0 bridgehead atoms. The summed E-state index contributed by atoms with van der Waals surface area (Å²) in [5, 5.41) is 8.66. The number of aromatic nitrogens is 3. The number of carbonyl (C=O) groups excluding carboxylic acids is 1. The highest BCUT2D eigenvalue weighted by Gasteiger charge is 2.28. The number of nitrogens with zero attached hydrogens (tertiary/aromatic N) is 5. The van der Waals surface area contributed by atoms with Crippen molar-refractivity contribution >= 4 is 17.7 Å². The van der Waals surface area contributed by atoms with E-state index in [1.165, 1.54) is 27.6 Å². The molecular formula is C25H26N6O2S. The van der Waals surface area contributed by atoms with Crippen LogP contribution in [-0.4, -0.2) is 62.5 Å². The molecule has 1 aliphatic rings. The SMILES string of the molecule is Nn1c(SCC(=O)N2CCN(C(c3ccccc3)c3ccccc3)CC2)nnc1-c1ccco1. The van der Waals surface area contributed by atoms with Crippen LogP contribution in [0.1, 0.15) is 17.2 Å². The zero-order valence-electron chi connectivity index (χ0n) is 18.7. The van der Waals surface area contributed by atoms with Gasteiger partial charge in [0, 0.05) is 26.2 Å². The Labute approximate surface area is 202 Å². The third-order valence-electron chi connectivity index (χ3n) is 5.99. The summed E-state index contributed by atoms with van der Waals surface area (Å²) in [5.74, 6) is 7.40. The summed E-state index contributed by atoms with van der Waals surface area (Å²) in [6.07, 6.45) is 1.56. The molecule has 1 fully saturated rings. The van der Waals surface area contributed by atoms with Crippen molar-refractivity contribution < 1.29 is 9.21 Å². The molecule has 0 spiro atoms. The van der Waals surface area contributed by atoms with Crippen LogP contribution in [0.25, 0.3) is 11.6 Å². The first-order valence-corrected chi connectivity index (χ1v) is 12.2. The summed E-state index contributed by atoms with van der Waals surface area (Å²) >= 11 is 1.29. The topological polar surface area (TPSA) is 93.4 Å². The molecule has 2 aromatic carbocycles. The minimum atomic E-state index is 0.0724. The molecule has 2 aromatic heterocycles. The van der Waals surface area contributed by atoms with Crippen molar-refractivity contribution in [3.8, 4) is 11.6 Å². The third kappa shape index (κ3) is 4.71. The number of furan rings is 1. The van der Waals surface area contributed by atoms with Gasteiger partial charge in [0.1, 0.15) is 0 Å². The van der Waals surface area contributed by atoms with Crippen molar-refractivity contribution in [2.45, 2.75) is 11.2 Å². The lowest BCUT2D eigenvalue weighted by Gasteiger charge is -2.39. The Kier molecular flexibility index (Phi) is 6.64. The van der Waals surface area contributed by atoms with Gasteiger partial charge in [-0.1, -0.05) is 72.4 Å². The number of nitrogens with two attached hydrogens (primary N) is 1. The molecule has 1 amide bonds. The fourth-order valence-electron chi connectivity index (χ4n) is 4.28. The van der Waals surface area contributed by atoms with E-state index in [-0.39, 0.29) is 17.7 Å². The Morgan fingerprint density at radius 3 is 2.15 bits per heavy atom. The zero-order valence-corrected chi connectivity index (χ0v) is 19.5. The van der Waals surface area contributed by atoms with E-state index >= 15 is 0 Å². The smallest absolute Gasteiger partial charge is 0.233 e. The van der Waals surface area contributed by atoms with Crippen LogP contribution in [-0.2, 0) is 4.79 Å². The van der Waals surface area contributed by atoms with E-state index in [1.54, 1.807) is 18.4 Å². The lowest BCUT2D eigenvalue weighted by Crippen LogP contribution is -2.50. The van der Waals surface area contributed by atoms with Crippen molar-refractivity contribution in [3.63, 3.8) is 0 Å². The van der Waals surface area contributed by atoms with E-state index in [2.05, 4.69) is 63.6 Å². The fraction of sp³-hybridized carbons (Fsp3) is 0.240. The maximum absolute atomic E-state index is 12.9. The molecule has 0 aliphatic carbocycles. The van der Waals surface area contributed by atoms with Crippen molar-refractivity contribution in [3.05, 3.63) is 90.2 Å².